The number of carbonyl (C=O) groups excluding carboxylic acids is 1. The number of aromatic nitrogens is 2. The molecule has 0 saturated heterocycles. The molecular formula is C21H21FN4O2. The van der Waals surface area contributed by atoms with Crippen LogP contribution in [0.2, 0.25) is 0 Å². The topological polar surface area (TPSA) is 76.1 Å². The first-order valence-corrected chi connectivity index (χ1v) is 8.83. The molecule has 0 bridgehead atoms. The highest BCUT2D eigenvalue weighted by Gasteiger charge is 2.11. The van der Waals surface area contributed by atoms with Crippen LogP contribution in [0.25, 0.3) is 0 Å². The van der Waals surface area contributed by atoms with Crippen molar-refractivity contribution >= 4 is 17.4 Å². The number of rotatable bonds is 7. The molecule has 1 heterocycles. The van der Waals surface area contributed by atoms with Crippen molar-refractivity contribution in [1.82, 2.24) is 15.3 Å². The van der Waals surface area contributed by atoms with E-state index in [9.17, 15) is 9.18 Å². The molecule has 0 aliphatic heterocycles. The van der Waals surface area contributed by atoms with Crippen LogP contribution in [0.5, 0.6) is 5.75 Å². The minimum absolute atomic E-state index is 0.242. The smallest absolute Gasteiger partial charge is 0.270 e. The van der Waals surface area contributed by atoms with Crippen molar-refractivity contribution in [3.05, 3.63) is 77.5 Å². The molecule has 0 saturated carbocycles. The van der Waals surface area contributed by atoms with Gasteiger partial charge in [-0.1, -0.05) is 24.3 Å². The Bertz CT molecular complexity index is 978. The summed E-state index contributed by atoms with van der Waals surface area (Å²) in [7, 11) is 1.62. The molecule has 3 rings (SSSR count). The molecule has 0 radical (unpaired) electrons. The van der Waals surface area contributed by atoms with Crippen molar-refractivity contribution in [2.45, 2.75) is 13.3 Å². The third-order valence-electron chi connectivity index (χ3n) is 4.04. The van der Waals surface area contributed by atoms with Gasteiger partial charge in [0.25, 0.3) is 5.91 Å². The second kappa shape index (κ2) is 8.94. The van der Waals surface area contributed by atoms with Crippen LogP contribution in [0.1, 0.15) is 21.9 Å². The van der Waals surface area contributed by atoms with Gasteiger partial charge in [0.2, 0.25) is 0 Å². The number of carbonyl (C=O) groups is 1. The van der Waals surface area contributed by atoms with E-state index in [2.05, 4.69) is 20.6 Å². The maximum atomic E-state index is 13.3. The predicted octanol–water partition coefficient (Wildman–Crippen LogP) is 3.65. The van der Waals surface area contributed by atoms with Crippen LogP contribution in [0.4, 0.5) is 15.9 Å². The Hall–Kier alpha value is -3.48. The van der Waals surface area contributed by atoms with E-state index in [1.807, 2.05) is 24.3 Å². The number of anilines is 2. The predicted molar refractivity (Wildman–Crippen MR) is 105 cm³/mol. The number of benzene rings is 2. The maximum absolute atomic E-state index is 13.3. The van der Waals surface area contributed by atoms with E-state index in [-0.39, 0.29) is 17.4 Å². The molecule has 1 aromatic heterocycles. The molecule has 2 N–H and O–H groups in total. The highest BCUT2D eigenvalue weighted by molar-refractivity contribution is 5.93. The summed E-state index contributed by atoms with van der Waals surface area (Å²) in [6.45, 7) is 2.14. The lowest BCUT2D eigenvalue weighted by Gasteiger charge is -2.10. The molecule has 0 atom stereocenters. The van der Waals surface area contributed by atoms with E-state index < -0.39 is 0 Å². The number of para-hydroxylation sites is 1. The SMILES string of the molecule is COc1ccccc1CCNC(=O)c1cc(Nc2cccc(F)c2)nc(C)n1. The van der Waals surface area contributed by atoms with E-state index in [0.717, 1.165) is 11.3 Å². The van der Waals surface area contributed by atoms with E-state index >= 15 is 0 Å². The average molecular weight is 380 g/mol. The number of amides is 1. The molecule has 28 heavy (non-hydrogen) atoms. The summed E-state index contributed by atoms with van der Waals surface area (Å²) < 4.78 is 18.7. The molecule has 0 aliphatic carbocycles. The second-order valence-electron chi connectivity index (χ2n) is 6.14. The van der Waals surface area contributed by atoms with Crippen LogP contribution in [0.15, 0.2) is 54.6 Å². The molecule has 144 valence electrons. The molecule has 7 heteroatoms. The van der Waals surface area contributed by atoms with Gasteiger partial charge in [0.05, 0.1) is 7.11 Å². The monoisotopic (exact) mass is 380 g/mol. The number of hydrogen-bond donors (Lipinski definition) is 2. The summed E-state index contributed by atoms with van der Waals surface area (Å²) in [6, 6.07) is 15.2. The highest BCUT2D eigenvalue weighted by Crippen LogP contribution is 2.18. The zero-order valence-electron chi connectivity index (χ0n) is 15.7. The van der Waals surface area contributed by atoms with E-state index in [0.29, 0.717) is 30.3 Å². The Morgan fingerprint density at radius 3 is 2.71 bits per heavy atom. The Morgan fingerprint density at radius 2 is 1.93 bits per heavy atom. The van der Waals surface area contributed by atoms with Gasteiger partial charge in [-0.2, -0.15) is 0 Å². The Kier molecular flexibility index (Phi) is 6.16. The minimum atomic E-state index is -0.356. The van der Waals surface area contributed by atoms with Crippen LogP contribution in [0, 0.1) is 12.7 Å². The minimum Gasteiger partial charge on any atom is -0.496 e. The summed E-state index contributed by atoms with van der Waals surface area (Å²) in [6.07, 6.45) is 0.633. The van der Waals surface area contributed by atoms with Crippen LogP contribution in [0.3, 0.4) is 0 Å². The number of aryl methyl sites for hydroxylation is 1. The molecule has 6 nitrogen and oxygen atoms in total. The Labute approximate surface area is 162 Å². The van der Waals surface area contributed by atoms with Crippen molar-refractivity contribution in [2.75, 3.05) is 19.0 Å². The number of halogens is 1. The summed E-state index contributed by atoms with van der Waals surface area (Å²) in [4.78, 5) is 20.9. The van der Waals surface area contributed by atoms with Gasteiger partial charge in [0.15, 0.2) is 0 Å². The number of nitrogens with one attached hydrogen (secondary N) is 2. The number of hydrogen-bond acceptors (Lipinski definition) is 5. The van der Waals surface area contributed by atoms with Crippen LogP contribution in [-0.2, 0) is 6.42 Å². The van der Waals surface area contributed by atoms with Crippen LogP contribution in [-0.4, -0.2) is 29.5 Å². The third kappa shape index (κ3) is 5.03. The fourth-order valence-corrected chi connectivity index (χ4v) is 2.77. The highest BCUT2D eigenvalue weighted by atomic mass is 19.1. The maximum Gasteiger partial charge on any atom is 0.270 e. The summed E-state index contributed by atoms with van der Waals surface area (Å²) >= 11 is 0. The van der Waals surface area contributed by atoms with E-state index in [1.54, 1.807) is 26.2 Å². The van der Waals surface area contributed by atoms with Gasteiger partial charge >= 0.3 is 0 Å². The molecule has 0 unspecified atom stereocenters. The summed E-state index contributed by atoms with van der Waals surface area (Å²) in [5, 5.41) is 5.84. The lowest BCUT2D eigenvalue weighted by molar-refractivity contribution is 0.0948. The van der Waals surface area contributed by atoms with Gasteiger partial charge < -0.3 is 15.4 Å². The van der Waals surface area contributed by atoms with Crippen LogP contribution < -0.4 is 15.4 Å². The molecular weight excluding hydrogens is 359 g/mol. The van der Waals surface area contributed by atoms with Gasteiger partial charge in [-0.15, -0.1) is 0 Å². The Morgan fingerprint density at radius 1 is 1.11 bits per heavy atom. The summed E-state index contributed by atoms with van der Waals surface area (Å²) in [5.74, 6) is 0.994. The average Bonchev–Trinajstić information content (AvgIpc) is 2.68. The lowest BCUT2D eigenvalue weighted by atomic mass is 10.1. The van der Waals surface area contributed by atoms with E-state index in [1.165, 1.54) is 18.2 Å². The second-order valence-corrected chi connectivity index (χ2v) is 6.14. The van der Waals surface area contributed by atoms with Crippen molar-refractivity contribution < 1.29 is 13.9 Å². The largest absolute Gasteiger partial charge is 0.496 e. The number of nitrogens with zero attached hydrogens (tertiary/aromatic N) is 2. The third-order valence-corrected chi connectivity index (χ3v) is 4.04. The first kappa shape index (κ1) is 19.3. The number of ether oxygens (including phenoxy) is 1. The van der Waals surface area contributed by atoms with Crippen molar-refractivity contribution in [3.8, 4) is 5.75 Å². The van der Waals surface area contributed by atoms with E-state index in [4.69, 9.17) is 4.74 Å². The van der Waals surface area contributed by atoms with Gasteiger partial charge in [-0.25, -0.2) is 14.4 Å². The standard InChI is InChI=1S/C21H21FN4O2/c1-14-24-18(13-20(25-14)26-17-8-5-7-16(22)12-17)21(27)23-11-10-15-6-3-4-9-19(15)28-2/h3-9,12-13H,10-11H2,1-2H3,(H,23,27)(H,24,25,26). The molecule has 3 aromatic rings. The van der Waals surface area contributed by atoms with Crippen molar-refractivity contribution in [2.24, 2.45) is 0 Å². The van der Waals surface area contributed by atoms with Crippen LogP contribution >= 0.6 is 0 Å². The quantitative estimate of drug-likeness (QED) is 0.654. The summed E-state index contributed by atoms with van der Waals surface area (Å²) in [5.41, 5.74) is 1.80. The number of methoxy groups -OCH3 is 1. The van der Waals surface area contributed by atoms with Gasteiger partial charge in [0.1, 0.15) is 28.9 Å². The fraction of sp³-hybridized carbons (Fsp3) is 0.190. The fourth-order valence-electron chi connectivity index (χ4n) is 2.77. The van der Waals surface area contributed by atoms with Crippen molar-refractivity contribution in [1.29, 1.82) is 0 Å². The molecule has 0 spiro atoms. The molecule has 1 amide bonds. The Balaban J connectivity index is 1.65. The zero-order valence-corrected chi connectivity index (χ0v) is 15.7. The molecule has 0 fully saturated rings. The molecule has 2 aromatic carbocycles. The first-order valence-electron chi connectivity index (χ1n) is 8.83. The normalized spacial score (nSPS) is 10.4. The lowest BCUT2D eigenvalue weighted by Crippen LogP contribution is -2.27. The van der Waals surface area contributed by atoms with Gasteiger partial charge in [0, 0.05) is 18.3 Å². The van der Waals surface area contributed by atoms with Gasteiger partial charge in [-0.05, 0) is 43.2 Å². The zero-order chi connectivity index (χ0) is 19.9. The first-order chi connectivity index (χ1) is 13.5. The van der Waals surface area contributed by atoms with Crippen molar-refractivity contribution in [3.63, 3.8) is 0 Å². The molecule has 0 aliphatic rings. The van der Waals surface area contributed by atoms with Gasteiger partial charge in [-0.3, -0.25) is 4.79 Å².